The lowest BCUT2D eigenvalue weighted by molar-refractivity contribution is 0.0827. The first-order valence-electron chi connectivity index (χ1n) is 10.0. The van der Waals surface area contributed by atoms with Crippen molar-refractivity contribution in [2.24, 2.45) is 4.99 Å². The second-order valence-corrected chi connectivity index (χ2v) is 7.59. The molecule has 0 radical (unpaired) electrons. The fraction of sp³-hybridized carbons (Fsp3) is 0.200. The Morgan fingerprint density at radius 2 is 1.75 bits per heavy atom. The molecule has 1 heterocycles. The maximum atomic E-state index is 14.1. The number of hydrogen-bond acceptors (Lipinski definition) is 4. The van der Waals surface area contributed by atoms with Crippen molar-refractivity contribution in [3.63, 3.8) is 0 Å². The zero-order chi connectivity index (χ0) is 22.8. The molecule has 1 aliphatic heterocycles. The fourth-order valence-electron chi connectivity index (χ4n) is 3.59. The molecule has 0 aliphatic carbocycles. The van der Waals surface area contributed by atoms with Crippen LogP contribution >= 0.6 is 0 Å². The Bertz CT molecular complexity index is 1170. The first-order chi connectivity index (χ1) is 15.4. The number of amides is 1. The Morgan fingerprint density at radius 1 is 1.06 bits per heavy atom. The Balaban J connectivity index is 1.62. The molecular formula is C25H22F2N2O3. The van der Waals surface area contributed by atoms with Crippen LogP contribution in [-0.4, -0.2) is 44.5 Å². The molecule has 4 rings (SSSR count). The van der Waals surface area contributed by atoms with Crippen molar-refractivity contribution in [2.75, 3.05) is 27.8 Å². The molecule has 0 fully saturated rings. The first-order valence-corrected chi connectivity index (χ1v) is 10.0. The van der Waals surface area contributed by atoms with Crippen molar-refractivity contribution in [1.29, 1.82) is 0 Å². The molecule has 0 N–H and O–H groups in total. The van der Waals surface area contributed by atoms with Gasteiger partial charge in [0, 0.05) is 25.2 Å². The number of benzene rings is 3. The van der Waals surface area contributed by atoms with Gasteiger partial charge in [0.1, 0.15) is 35.6 Å². The summed E-state index contributed by atoms with van der Waals surface area (Å²) in [4.78, 5) is 18.0. The Labute approximate surface area is 184 Å². The zero-order valence-corrected chi connectivity index (χ0v) is 17.9. The van der Waals surface area contributed by atoms with Gasteiger partial charge >= 0.3 is 0 Å². The van der Waals surface area contributed by atoms with Crippen LogP contribution < -0.4 is 4.74 Å². The molecule has 164 valence electrons. The Kier molecular flexibility index (Phi) is 5.90. The molecule has 32 heavy (non-hydrogen) atoms. The van der Waals surface area contributed by atoms with E-state index < -0.39 is 17.7 Å². The van der Waals surface area contributed by atoms with Gasteiger partial charge in [-0.1, -0.05) is 30.3 Å². The van der Waals surface area contributed by atoms with E-state index in [9.17, 15) is 13.6 Å². The quantitative estimate of drug-likeness (QED) is 0.574. The summed E-state index contributed by atoms with van der Waals surface area (Å²) >= 11 is 0. The van der Waals surface area contributed by atoms with E-state index in [0.717, 1.165) is 16.7 Å². The van der Waals surface area contributed by atoms with Crippen molar-refractivity contribution in [3.05, 3.63) is 89.0 Å². The van der Waals surface area contributed by atoms with Crippen molar-refractivity contribution < 1.29 is 23.0 Å². The van der Waals surface area contributed by atoms with Gasteiger partial charge in [-0.2, -0.15) is 0 Å². The van der Waals surface area contributed by atoms with Crippen LogP contribution in [-0.2, 0) is 4.74 Å². The standard InChI is InChI=1S/C25H22F2N2O3/c1-29(2)25(30)16-9-7-15(8-10-16)18-12-11-17(13-22(18)31-3)21-14-32-24(28-21)23-19(26)5-4-6-20(23)27/h4-13,21H,14H2,1-3H3. The molecule has 3 aromatic rings. The highest BCUT2D eigenvalue weighted by Crippen LogP contribution is 2.35. The second kappa shape index (κ2) is 8.78. The summed E-state index contributed by atoms with van der Waals surface area (Å²) in [5.41, 5.74) is 2.88. The number of carbonyl (C=O) groups excluding carboxylic acids is 1. The molecule has 1 aliphatic rings. The third-order valence-electron chi connectivity index (χ3n) is 5.29. The van der Waals surface area contributed by atoms with Crippen LogP contribution in [0, 0.1) is 11.6 Å². The van der Waals surface area contributed by atoms with E-state index in [1.807, 2.05) is 30.3 Å². The third-order valence-corrected chi connectivity index (χ3v) is 5.29. The van der Waals surface area contributed by atoms with E-state index in [2.05, 4.69) is 4.99 Å². The molecule has 0 saturated heterocycles. The summed E-state index contributed by atoms with van der Waals surface area (Å²) in [6.45, 7) is 0.174. The monoisotopic (exact) mass is 436 g/mol. The van der Waals surface area contributed by atoms with Crippen molar-refractivity contribution in [2.45, 2.75) is 6.04 Å². The summed E-state index contributed by atoms with van der Waals surface area (Å²) in [7, 11) is 4.99. The number of rotatable bonds is 5. The van der Waals surface area contributed by atoms with Crippen LogP contribution in [0.4, 0.5) is 8.78 Å². The first kappa shape index (κ1) is 21.5. The van der Waals surface area contributed by atoms with Crippen LogP contribution in [0.2, 0.25) is 0 Å². The molecule has 0 saturated carbocycles. The van der Waals surface area contributed by atoms with Crippen LogP contribution in [0.1, 0.15) is 27.5 Å². The predicted octanol–water partition coefficient (Wildman–Crippen LogP) is 4.86. The van der Waals surface area contributed by atoms with E-state index in [-0.39, 0.29) is 24.0 Å². The van der Waals surface area contributed by atoms with Gasteiger partial charge < -0.3 is 14.4 Å². The van der Waals surface area contributed by atoms with Gasteiger partial charge in [0.25, 0.3) is 5.91 Å². The SMILES string of the molecule is COc1cc(C2COC(c3c(F)cccc3F)=N2)ccc1-c1ccc(C(=O)N(C)C)cc1. The molecule has 0 aromatic heterocycles. The largest absolute Gasteiger partial charge is 0.496 e. The summed E-state index contributed by atoms with van der Waals surface area (Å²) in [5, 5.41) is 0. The van der Waals surface area contributed by atoms with E-state index in [4.69, 9.17) is 9.47 Å². The number of aliphatic imine (C=N–C) groups is 1. The Hall–Kier alpha value is -3.74. The number of ether oxygens (including phenoxy) is 2. The fourth-order valence-corrected chi connectivity index (χ4v) is 3.59. The minimum atomic E-state index is -0.714. The minimum absolute atomic E-state index is 0.0465. The van der Waals surface area contributed by atoms with E-state index >= 15 is 0 Å². The maximum absolute atomic E-state index is 14.1. The molecule has 7 heteroatoms. The highest BCUT2D eigenvalue weighted by atomic mass is 19.1. The topological polar surface area (TPSA) is 51.1 Å². The Morgan fingerprint density at radius 3 is 2.38 bits per heavy atom. The van der Waals surface area contributed by atoms with Crippen molar-refractivity contribution in [3.8, 4) is 16.9 Å². The van der Waals surface area contributed by atoms with Gasteiger partial charge in [-0.05, 0) is 41.5 Å². The smallest absolute Gasteiger partial charge is 0.253 e. The number of hydrogen-bond donors (Lipinski definition) is 0. The van der Waals surface area contributed by atoms with Crippen LogP contribution in [0.25, 0.3) is 11.1 Å². The number of carbonyl (C=O) groups is 1. The normalized spacial score (nSPS) is 15.2. The summed E-state index contributed by atoms with van der Waals surface area (Å²) < 4.78 is 39.2. The molecular weight excluding hydrogens is 414 g/mol. The number of nitrogens with zero attached hydrogens (tertiary/aromatic N) is 2. The third kappa shape index (κ3) is 4.06. The lowest BCUT2D eigenvalue weighted by atomic mass is 9.99. The van der Waals surface area contributed by atoms with E-state index in [1.54, 1.807) is 33.3 Å². The molecule has 1 amide bonds. The maximum Gasteiger partial charge on any atom is 0.253 e. The highest BCUT2D eigenvalue weighted by molar-refractivity contribution is 5.96. The highest BCUT2D eigenvalue weighted by Gasteiger charge is 2.26. The second-order valence-electron chi connectivity index (χ2n) is 7.59. The van der Waals surface area contributed by atoms with Crippen LogP contribution in [0.3, 0.4) is 0 Å². The van der Waals surface area contributed by atoms with Gasteiger partial charge in [-0.15, -0.1) is 0 Å². The number of halogens is 2. The van der Waals surface area contributed by atoms with Gasteiger partial charge in [0.15, 0.2) is 0 Å². The molecule has 1 unspecified atom stereocenters. The molecule has 0 bridgehead atoms. The van der Waals surface area contributed by atoms with Gasteiger partial charge in [-0.3, -0.25) is 4.79 Å². The van der Waals surface area contributed by atoms with Crippen molar-refractivity contribution >= 4 is 11.8 Å². The van der Waals surface area contributed by atoms with Gasteiger partial charge in [-0.25, -0.2) is 13.8 Å². The summed E-state index contributed by atoms with van der Waals surface area (Å²) in [6, 6.07) is 16.1. The minimum Gasteiger partial charge on any atom is -0.496 e. The summed E-state index contributed by atoms with van der Waals surface area (Å²) in [5.74, 6) is -0.924. The zero-order valence-electron chi connectivity index (χ0n) is 17.9. The molecule has 0 spiro atoms. The van der Waals surface area contributed by atoms with Gasteiger partial charge in [0.2, 0.25) is 5.90 Å². The van der Waals surface area contributed by atoms with Crippen LogP contribution in [0.15, 0.2) is 65.7 Å². The molecule has 5 nitrogen and oxygen atoms in total. The van der Waals surface area contributed by atoms with E-state index in [1.165, 1.54) is 23.1 Å². The van der Waals surface area contributed by atoms with Crippen molar-refractivity contribution in [1.82, 2.24) is 4.90 Å². The average molecular weight is 436 g/mol. The molecule has 3 aromatic carbocycles. The van der Waals surface area contributed by atoms with E-state index in [0.29, 0.717) is 11.3 Å². The lowest BCUT2D eigenvalue weighted by Gasteiger charge is -2.14. The van der Waals surface area contributed by atoms with Gasteiger partial charge in [0.05, 0.1) is 7.11 Å². The average Bonchev–Trinajstić information content (AvgIpc) is 3.28. The number of methoxy groups -OCH3 is 1. The molecule has 1 atom stereocenters. The predicted molar refractivity (Wildman–Crippen MR) is 118 cm³/mol. The lowest BCUT2D eigenvalue weighted by Crippen LogP contribution is -2.21. The summed E-state index contributed by atoms with van der Waals surface area (Å²) in [6.07, 6.45) is 0. The van der Waals surface area contributed by atoms with Crippen LogP contribution in [0.5, 0.6) is 5.75 Å².